The summed E-state index contributed by atoms with van der Waals surface area (Å²) in [6.45, 7) is 0. The zero-order chi connectivity index (χ0) is 8.27. The molecule has 0 unspecified atom stereocenters. The molecule has 0 saturated heterocycles. The second kappa shape index (κ2) is 3.38. The maximum absolute atomic E-state index is 4.69. The fraction of sp³-hybridized carbons (Fsp3) is 0.600. The molecule has 11 heavy (non-hydrogen) atoms. The van der Waals surface area contributed by atoms with E-state index in [9.17, 15) is 0 Å². The number of tetrazole rings is 1. The summed E-state index contributed by atoms with van der Waals surface area (Å²) >= 11 is 4.69. The molecule has 0 aliphatic rings. The van der Waals surface area contributed by atoms with Crippen molar-refractivity contribution in [2.75, 3.05) is 19.1 Å². The van der Waals surface area contributed by atoms with E-state index in [1.807, 2.05) is 14.1 Å². The molecule has 0 aliphatic carbocycles. The first-order chi connectivity index (χ1) is 5.25. The summed E-state index contributed by atoms with van der Waals surface area (Å²) in [6.07, 6.45) is 0.612. The molecule has 0 radical (unpaired) electrons. The third kappa shape index (κ3) is 1.70. The fourth-order valence-corrected chi connectivity index (χ4v) is 0.858. The van der Waals surface area contributed by atoms with Crippen molar-refractivity contribution < 1.29 is 0 Å². The molecule has 0 fully saturated rings. The minimum atomic E-state index is 0.612. The van der Waals surface area contributed by atoms with E-state index in [1.165, 1.54) is 0 Å². The van der Waals surface area contributed by atoms with Gasteiger partial charge in [0.2, 0.25) is 0 Å². The van der Waals surface area contributed by atoms with Crippen molar-refractivity contribution in [3.05, 3.63) is 5.82 Å². The van der Waals surface area contributed by atoms with Crippen molar-refractivity contribution in [2.45, 2.75) is 6.42 Å². The lowest BCUT2D eigenvalue weighted by Gasteiger charge is -2.11. The molecule has 6 heteroatoms. The lowest BCUT2D eigenvalue weighted by molar-refractivity contribution is 0.592. The first-order valence-corrected chi connectivity index (χ1v) is 3.61. The average molecular weight is 171 g/mol. The fourth-order valence-electron chi connectivity index (χ4n) is 0.709. The maximum atomic E-state index is 4.69. The molecule has 1 aromatic rings. The molecule has 0 atom stereocenters. The Kier molecular flexibility index (Phi) is 2.48. The van der Waals surface area contributed by atoms with Gasteiger partial charge < -0.3 is 0 Å². The molecule has 0 spiro atoms. The minimum absolute atomic E-state index is 0.612. The third-order valence-electron chi connectivity index (χ3n) is 1.16. The summed E-state index contributed by atoms with van der Waals surface area (Å²) in [7, 11) is 3.73. The number of hydrogen-bond donors (Lipinski definition) is 0. The Hall–Kier alpha value is -1.04. The molecule has 0 aliphatic heterocycles. The molecule has 1 aromatic heterocycles. The van der Waals surface area contributed by atoms with Crippen LogP contribution in [0.1, 0.15) is 5.82 Å². The summed E-state index contributed by atoms with van der Waals surface area (Å²) < 4.78 is 0. The van der Waals surface area contributed by atoms with E-state index < -0.39 is 0 Å². The molecule has 1 heterocycles. The normalized spacial score (nSPS) is 9.64. The van der Waals surface area contributed by atoms with E-state index in [1.54, 1.807) is 15.2 Å². The molecule has 0 bridgehead atoms. The van der Waals surface area contributed by atoms with E-state index in [0.29, 0.717) is 6.42 Å². The van der Waals surface area contributed by atoms with Gasteiger partial charge in [0.05, 0.1) is 0 Å². The Balaban J connectivity index is 2.86. The van der Waals surface area contributed by atoms with Gasteiger partial charge in [-0.15, -0.1) is 9.89 Å². The second-order valence-electron chi connectivity index (χ2n) is 2.20. The van der Waals surface area contributed by atoms with Crippen molar-refractivity contribution in [2.24, 2.45) is 0 Å². The first-order valence-electron chi connectivity index (χ1n) is 3.14. The number of thiocarbonyl (C=S) groups is 1. The highest BCUT2D eigenvalue weighted by molar-refractivity contribution is 7.78. The molecule has 60 valence electrons. The van der Waals surface area contributed by atoms with Crippen LogP contribution in [0.3, 0.4) is 0 Å². The van der Waals surface area contributed by atoms with Gasteiger partial charge in [-0.25, -0.2) is 0 Å². The van der Waals surface area contributed by atoms with Crippen molar-refractivity contribution in [1.29, 1.82) is 0 Å². The van der Waals surface area contributed by atoms with Crippen molar-refractivity contribution in [3.63, 3.8) is 0 Å². The highest BCUT2D eigenvalue weighted by atomic mass is 32.1. The molecular formula is C5H9N5S. The smallest absolute Gasteiger partial charge is 0.179 e. The summed E-state index contributed by atoms with van der Waals surface area (Å²) in [6, 6.07) is 0. The minimum Gasteiger partial charge on any atom is -0.300 e. The van der Waals surface area contributed by atoms with Crippen LogP contribution in [0.25, 0.3) is 0 Å². The number of hydrogen-bond acceptors (Lipinski definition) is 5. The van der Waals surface area contributed by atoms with Crippen LogP contribution in [0.15, 0.2) is 0 Å². The van der Waals surface area contributed by atoms with Crippen LogP contribution in [-0.4, -0.2) is 39.8 Å². The average Bonchev–Trinajstić information content (AvgIpc) is 2.36. The van der Waals surface area contributed by atoms with E-state index in [0.717, 1.165) is 5.82 Å². The van der Waals surface area contributed by atoms with Gasteiger partial charge in [-0.1, -0.05) is 12.2 Å². The number of nitrogens with zero attached hydrogens (tertiary/aromatic N) is 5. The van der Waals surface area contributed by atoms with E-state index in [-0.39, 0.29) is 0 Å². The first kappa shape index (κ1) is 8.06. The van der Waals surface area contributed by atoms with Gasteiger partial charge >= 0.3 is 0 Å². The van der Waals surface area contributed by atoms with Crippen molar-refractivity contribution in [3.8, 4) is 0 Å². The highest BCUT2D eigenvalue weighted by Crippen LogP contribution is 1.90. The van der Waals surface area contributed by atoms with Gasteiger partial charge in [0.25, 0.3) is 0 Å². The molecule has 5 nitrogen and oxygen atoms in total. The van der Waals surface area contributed by atoms with Gasteiger partial charge in [-0.2, -0.15) is 0 Å². The maximum Gasteiger partial charge on any atom is 0.179 e. The molecule has 0 saturated carbocycles. The third-order valence-corrected chi connectivity index (χ3v) is 1.33. The van der Waals surface area contributed by atoms with Gasteiger partial charge in [0, 0.05) is 20.5 Å². The molecule has 0 aromatic carbocycles. The summed E-state index contributed by atoms with van der Waals surface area (Å²) in [4.78, 5) is 1.60. The number of aromatic nitrogens is 4. The molecular weight excluding hydrogens is 162 g/mol. The zero-order valence-corrected chi connectivity index (χ0v) is 7.25. The summed E-state index contributed by atoms with van der Waals surface area (Å²) in [5, 5.41) is 14.4. The Morgan fingerprint density at radius 3 is 2.91 bits per heavy atom. The lowest BCUT2D eigenvalue weighted by atomic mass is 10.5. The van der Waals surface area contributed by atoms with Crippen molar-refractivity contribution >= 4 is 17.6 Å². The quantitative estimate of drug-likeness (QED) is 0.569. The number of rotatable bonds is 3. The molecule has 0 amide bonds. The lowest BCUT2D eigenvalue weighted by Crippen LogP contribution is -2.28. The van der Waals surface area contributed by atoms with Gasteiger partial charge in [-0.3, -0.25) is 5.01 Å². The molecule has 0 N–H and O–H groups in total. The van der Waals surface area contributed by atoms with Crippen LogP contribution in [0.2, 0.25) is 0 Å². The van der Waals surface area contributed by atoms with Crippen LogP contribution in [-0.2, 0) is 6.42 Å². The Morgan fingerprint density at radius 2 is 2.36 bits per heavy atom. The van der Waals surface area contributed by atoms with E-state index in [2.05, 4.69) is 15.5 Å². The summed E-state index contributed by atoms with van der Waals surface area (Å²) in [5.74, 6) is 0.755. The van der Waals surface area contributed by atoms with E-state index >= 15 is 0 Å². The predicted octanol–water partition coefficient (Wildman–Crippen LogP) is -0.587. The van der Waals surface area contributed by atoms with Crippen LogP contribution >= 0.6 is 12.2 Å². The molecule has 1 rings (SSSR count). The monoisotopic (exact) mass is 171 g/mol. The SMILES string of the molecule is CN(C)n1nnnc1CC=S. The predicted molar refractivity (Wildman–Crippen MR) is 45.2 cm³/mol. The van der Waals surface area contributed by atoms with Crippen LogP contribution < -0.4 is 5.01 Å². The van der Waals surface area contributed by atoms with Gasteiger partial charge in [0.1, 0.15) is 0 Å². The van der Waals surface area contributed by atoms with Crippen LogP contribution in [0.5, 0.6) is 0 Å². The van der Waals surface area contributed by atoms with Crippen LogP contribution in [0, 0.1) is 0 Å². The highest BCUT2D eigenvalue weighted by Gasteiger charge is 2.04. The van der Waals surface area contributed by atoms with Gasteiger partial charge in [0.15, 0.2) is 5.82 Å². The Labute approximate surface area is 70.0 Å². The largest absolute Gasteiger partial charge is 0.300 e. The Bertz CT molecular complexity index is 243. The summed E-state index contributed by atoms with van der Waals surface area (Å²) in [5.41, 5.74) is 0. The zero-order valence-electron chi connectivity index (χ0n) is 6.43. The van der Waals surface area contributed by atoms with Gasteiger partial charge in [-0.05, 0) is 15.8 Å². The standard InChI is InChI=1S/C5H9N5S/c1-9(2)10-5(3-4-11)6-7-8-10/h4H,3H2,1-2H3. The van der Waals surface area contributed by atoms with Crippen molar-refractivity contribution in [1.82, 2.24) is 20.3 Å². The second-order valence-corrected chi connectivity index (χ2v) is 2.54. The van der Waals surface area contributed by atoms with E-state index in [4.69, 9.17) is 12.2 Å². The van der Waals surface area contributed by atoms with Crippen LogP contribution in [0.4, 0.5) is 0 Å². The Morgan fingerprint density at radius 1 is 1.64 bits per heavy atom. The topological polar surface area (TPSA) is 46.8 Å².